The van der Waals surface area contributed by atoms with Crippen molar-refractivity contribution in [1.29, 1.82) is 0 Å². The molecule has 1 aromatic carbocycles. The number of anilines is 1. The zero-order chi connectivity index (χ0) is 16.3. The van der Waals surface area contributed by atoms with Crippen molar-refractivity contribution in [3.05, 3.63) is 29.3 Å². The van der Waals surface area contributed by atoms with Crippen molar-refractivity contribution in [1.82, 2.24) is 0 Å². The quantitative estimate of drug-likeness (QED) is 0.878. The first kappa shape index (κ1) is 19.7. The Hall–Kier alpha value is -1.31. The highest BCUT2D eigenvalue weighted by molar-refractivity contribution is 5.95. The molecular formula is C15H20ClF3N2O2. The number of hydrogen-bond donors (Lipinski definition) is 2. The fourth-order valence-electron chi connectivity index (χ4n) is 2.44. The van der Waals surface area contributed by atoms with Crippen LogP contribution in [0.4, 0.5) is 18.9 Å². The van der Waals surface area contributed by atoms with Gasteiger partial charge >= 0.3 is 6.18 Å². The summed E-state index contributed by atoms with van der Waals surface area (Å²) in [7, 11) is 0. The van der Waals surface area contributed by atoms with E-state index >= 15 is 0 Å². The lowest BCUT2D eigenvalue weighted by Gasteiger charge is -2.27. The Morgan fingerprint density at radius 1 is 1.35 bits per heavy atom. The van der Waals surface area contributed by atoms with E-state index in [2.05, 4.69) is 5.32 Å². The van der Waals surface area contributed by atoms with Crippen LogP contribution in [0, 0.1) is 12.8 Å². The number of alkyl halides is 3. The Bertz CT molecular complexity index is 546. The summed E-state index contributed by atoms with van der Waals surface area (Å²) in [5.41, 5.74) is 5.82. The number of carbonyl (C=O) groups excluding carboxylic acids is 1. The zero-order valence-corrected chi connectivity index (χ0v) is 13.5. The minimum atomic E-state index is -4.45. The van der Waals surface area contributed by atoms with E-state index in [4.69, 9.17) is 10.5 Å². The predicted octanol–water partition coefficient (Wildman–Crippen LogP) is 3.13. The number of halogens is 4. The number of hydrogen-bond acceptors (Lipinski definition) is 3. The molecule has 0 aromatic heterocycles. The van der Waals surface area contributed by atoms with Crippen LogP contribution < -0.4 is 11.1 Å². The van der Waals surface area contributed by atoms with E-state index in [1.165, 1.54) is 6.07 Å². The minimum Gasteiger partial charge on any atom is -0.381 e. The molecule has 8 heteroatoms. The van der Waals surface area contributed by atoms with Crippen molar-refractivity contribution in [2.75, 3.05) is 18.5 Å². The van der Waals surface area contributed by atoms with E-state index in [9.17, 15) is 18.0 Å². The molecular weight excluding hydrogens is 333 g/mol. The smallest absolute Gasteiger partial charge is 0.381 e. The summed E-state index contributed by atoms with van der Waals surface area (Å²) in [5.74, 6) is -0.478. The van der Waals surface area contributed by atoms with Gasteiger partial charge in [0.15, 0.2) is 0 Å². The fourth-order valence-corrected chi connectivity index (χ4v) is 2.44. The number of rotatable bonds is 3. The summed E-state index contributed by atoms with van der Waals surface area (Å²) in [6.07, 6.45) is -3.09. The van der Waals surface area contributed by atoms with E-state index < -0.39 is 23.7 Å². The van der Waals surface area contributed by atoms with Crippen molar-refractivity contribution in [3.63, 3.8) is 0 Å². The van der Waals surface area contributed by atoms with Gasteiger partial charge < -0.3 is 15.8 Å². The molecule has 23 heavy (non-hydrogen) atoms. The van der Waals surface area contributed by atoms with Crippen LogP contribution in [0.5, 0.6) is 0 Å². The summed E-state index contributed by atoms with van der Waals surface area (Å²) in [6.45, 7) is 2.73. The molecule has 4 nitrogen and oxygen atoms in total. The maximum atomic E-state index is 12.7. The van der Waals surface area contributed by atoms with E-state index in [1.54, 1.807) is 6.92 Å². The lowest BCUT2D eigenvalue weighted by Crippen LogP contribution is -2.44. The fraction of sp³-hybridized carbons (Fsp3) is 0.533. The van der Waals surface area contributed by atoms with Gasteiger partial charge in [0.25, 0.3) is 0 Å². The SMILES string of the molecule is Cc1ccc(C(F)(F)F)cc1NC(=O)C(N)C1CCOCC1.Cl. The maximum absolute atomic E-state index is 12.7. The number of carbonyl (C=O) groups is 1. The van der Waals surface area contributed by atoms with E-state index in [0.717, 1.165) is 12.1 Å². The van der Waals surface area contributed by atoms with Gasteiger partial charge in [0.1, 0.15) is 0 Å². The monoisotopic (exact) mass is 352 g/mol. The Labute approximate surface area is 139 Å². The summed E-state index contributed by atoms with van der Waals surface area (Å²) < 4.78 is 43.4. The number of ether oxygens (including phenoxy) is 1. The molecule has 1 unspecified atom stereocenters. The van der Waals surface area contributed by atoms with Crippen LogP contribution in [0.25, 0.3) is 0 Å². The third-order valence-electron chi connectivity index (χ3n) is 3.90. The maximum Gasteiger partial charge on any atom is 0.416 e. The van der Waals surface area contributed by atoms with Crippen molar-refractivity contribution in [2.24, 2.45) is 11.7 Å². The van der Waals surface area contributed by atoms with Crippen LogP contribution in [-0.4, -0.2) is 25.2 Å². The number of amides is 1. The molecule has 1 saturated heterocycles. The van der Waals surface area contributed by atoms with Crippen molar-refractivity contribution in [2.45, 2.75) is 32.0 Å². The average molecular weight is 353 g/mol. The second-order valence-corrected chi connectivity index (χ2v) is 5.49. The molecule has 0 spiro atoms. The van der Waals surface area contributed by atoms with Crippen molar-refractivity contribution < 1.29 is 22.7 Å². The Morgan fingerprint density at radius 2 is 1.96 bits per heavy atom. The minimum absolute atomic E-state index is 0. The van der Waals surface area contributed by atoms with Gasteiger partial charge in [-0.3, -0.25) is 4.79 Å². The van der Waals surface area contributed by atoms with Gasteiger partial charge in [-0.05, 0) is 43.4 Å². The largest absolute Gasteiger partial charge is 0.416 e. The Balaban J connectivity index is 0.00000264. The molecule has 1 heterocycles. The first-order valence-electron chi connectivity index (χ1n) is 7.11. The molecule has 1 atom stereocenters. The van der Waals surface area contributed by atoms with Gasteiger partial charge in [0.2, 0.25) is 5.91 Å². The van der Waals surface area contributed by atoms with Gasteiger partial charge in [-0.2, -0.15) is 13.2 Å². The molecule has 0 saturated carbocycles. The van der Waals surface area contributed by atoms with Gasteiger partial charge in [-0.1, -0.05) is 6.07 Å². The number of nitrogens with one attached hydrogen (secondary N) is 1. The topological polar surface area (TPSA) is 64.4 Å². The molecule has 1 fully saturated rings. The third-order valence-corrected chi connectivity index (χ3v) is 3.90. The first-order valence-corrected chi connectivity index (χ1v) is 7.11. The molecule has 0 aliphatic carbocycles. The molecule has 1 amide bonds. The number of benzene rings is 1. The summed E-state index contributed by atoms with van der Waals surface area (Å²) in [4.78, 5) is 12.2. The first-order chi connectivity index (χ1) is 10.3. The van der Waals surface area contributed by atoms with Crippen LogP contribution in [0.1, 0.15) is 24.0 Å². The zero-order valence-electron chi connectivity index (χ0n) is 12.7. The van der Waals surface area contributed by atoms with Crippen molar-refractivity contribution in [3.8, 4) is 0 Å². The van der Waals surface area contributed by atoms with Crippen molar-refractivity contribution >= 4 is 24.0 Å². The van der Waals surface area contributed by atoms with E-state index in [0.29, 0.717) is 31.6 Å². The van der Waals surface area contributed by atoms with Gasteiger partial charge in [-0.25, -0.2) is 0 Å². The molecule has 1 aliphatic rings. The van der Waals surface area contributed by atoms with Gasteiger partial charge in [-0.15, -0.1) is 12.4 Å². The average Bonchev–Trinajstić information content (AvgIpc) is 2.48. The predicted molar refractivity (Wildman–Crippen MR) is 83.6 cm³/mol. The van der Waals surface area contributed by atoms with Crippen LogP contribution >= 0.6 is 12.4 Å². The molecule has 0 radical (unpaired) electrons. The molecule has 130 valence electrons. The summed E-state index contributed by atoms with van der Waals surface area (Å²) >= 11 is 0. The highest BCUT2D eigenvalue weighted by Gasteiger charge is 2.31. The Morgan fingerprint density at radius 3 is 2.52 bits per heavy atom. The van der Waals surface area contributed by atoms with E-state index in [1.807, 2.05) is 0 Å². The third kappa shape index (κ3) is 5.09. The van der Waals surface area contributed by atoms with Crippen LogP contribution in [0.15, 0.2) is 18.2 Å². The van der Waals surface area contributed by atoms with E-state index in [-0.39, 0.29) is 24.0 Å². The van der Waals surface area contributed by atoms with Crippen LogP contribution in [0.3, 0.4) is 0 Å². The highest BCUT2D eigenvalue weighted by atomic mass is 35.5. The molecule has 1 aromatic rings. The molecule has 1 aliphatic heterocycles. The molecule has 2 rings (SSSR count). The summed E-state index contributed by atoms with van der Waals surface area (Å²) in [6, 6.07) is 2.50. The molecule has 3 N–H and O–H groups in total. The second kappa shape index (κ2) is 7.99. The lowest BCUT2D eigenvalue weighted by molar-refractivity contribution is -0.137. The lowest BCUT2D eigenvalue weighted by atomic mass is 9.91. The number of nitrogens with two attached hydrogens (primary N) is 1. The van der Waals surface area contributed by atoms with Crippen LogP contribution in [0.2, 0.25) is 0 Å². The highest BCUT2D eigenvalue weighted by Crippen LogP contribution is 2.32. The number of aryl methyl sites for hydroxylation is 1. The van der Waals surface area contributed by atoms with Gasteiger partial charge in [0, 0.05) is 18.9 Å². The second-order valence-electron chi connectivity index (χ2n) is 5.49. The normalized spacial score (nSPS) is 17.3. The molecule has 0 bridgehead atoms. The Kier molecular flexibility index (Phi) is 6.85. The van der Waals surface area contributed by atoms with Crippen LogP contribution in [-0.2, 0) is 15.7 Å². The van der Waals surface area contributed by atoms with Gasteiger partial charge in [0.05, 0.1) is 11.6 Å². The summed E-state index contributed by atoms with van der Waals surface area (Å²) in [5, 5.41) is 2.52. The standard InChI is InChI=1S/C15H19F3N2O2.ClH/c1-9-2-3-11(15(16,17)18)8-12(9)20-14(21)13(19)10-4-6-22-7-5-10;/h2-3,8,10,13H,4-7,19H2,1H3,(H,20,21);1H.